The molecule has 5 rings (SSSR count). The summed E-state index contributed by atoms with van der Waals surface area (Å²) in [5.41, 5.74) is 2.64. The molecule has 8 nitrogen and oxygen atoms in total. The van der Waals surface area contributed by atoms with E-state index in [2.05, 4.69) is 25.8 Å². The van der Waals surface area contributed by atoms with E-state index in [-0.39, 0.29) is 24.5 Å². The van der Waals surface area contributed by atoms with E-state index in [0.717, 1.165) is 44.9 Å². The first-order chi connectivity index (χ1) is 15.4. The van der Waals surface area contributed by atoms with Crippen LogP contribution in [0.25, 0.3) is 11.4 Å². The molecule has 2 aliphatic carbocycles. The van der Waals surface area contributed by atoms with Gasteiger partial charge in [0.15, 0.2) is 0 Å². The molecular weight excluding hydrogens is 416 g/mol. The topological polar surface area (TPSA) is 110 Å². The van der Waals surface area contributed by atoms with Crippen LogP contribution < -0.4 is 10.6 Å². The number of likely N-dealkylation sites (tertiary alicyclic amines) is 1. The molecule has 1 atom stereocenters. The first-order valence-electron chi connectivity index (χ1n) is 11.2. The Labute approximate surface area is 184 Å². The van der Waals surface area contributed by atoms with Crippen molar-refractivity contribution in [2.75, 3.05) is 23.7 Å². The van der Waals surface area contributed by atoms with Gasteiger partial charge < -0.3 is 20.9 Å². The van der Waals surface area contributed by atoms with Crippen LogP contribution in [0.5, 0.6) is 0 Å². The summed E-state index contributed by atoms with van der Waals surface area (Å²) in [7, 11) is 0. The van der Waals surface area contributed by atoms with Crippen molar-refractivity contribution in [1.82, 2.24) is 20.1 Å². The fraction of sp³-hybridized carbons (Fsp3) is 0.545. The van der Waals surface area contributed by atoms with Crippen molar-refractivity contribution in [3.63, 3.8) is 0 Å². The lowest BCUT2D eigenvalue weighted by molar-refractivity contribution is -0.126. The molecule has 10 heteroatoms. The number of aromatic amines is 1. The Balaban J connectivity index is 1.33. The second-order valence-electron chi connectivity index (χ2n) is 9.10. The Hall–Kier alpha value is -3.04. The molecule has 32 heavy (non-hydrogen) atoms. The van der Waals surface area contributed by atoms with Gasteiger partial charge in [0.25, 0.3) is 5.92 Å². The Morgan fingerprint density at radius 1 is 1.25 bits per heavy atom. The van der Waals surface area contributed by atoms with Crippen LogP contribution in [-0.4, -0.2) is 56.9 Å². The summed E-state index contributed by atoms with van der Waals surface area (Å²) in [5.74, 6) is -3.35. The Bertz CT molecular complexity index is 1030. The highest BCUT2D eigenvalue weighted by atomic mass is 19.3. The number of aromatic nitrogens is 3. The van der Waals surface area contributed by atoms with E-state index < -0.39 is 11.8 Å². The van der Waals surface area contributed by atoms with E-state index in [1.54, 1.807) is 12.3 Å². The average molecular weight is 444 g/mol. The van der Waals surface area contributed by atoms with Crippen molar-refractivity contribution >= 4 is 23.6 Å². The molecule has 170 valence electrons. The van der Waals surface area contributed by atoms with Gasteiger partial charge in [-0.3, -0.25) is 10.1 Å². The molecule has 3 aliphatic rings. The van der Waals surface area contributed by atoms with Crippen molar-refractivity contribution in [3.05, 3.63) is 24.0 Å². The first kappa shape index (κ1) is 20.8. The Morgan fingerprint density at radius 3 is 2.78 bits per heavy atom. The van der Waals surface area contributed by atoms with Crippen LogP contribution in [0.2, 0.25) is 0 Å². The average Bonchev–Trinajstić information content (AvgIpc) is 3.38. The van der Waals surface area contributed by atoms with Crippen LogP contribution >= 0.6 is 0 Å². The fourth-order valence-corrected chi connectivity index (χ4v) is 4.76. The minimum atomic E-state index is -2.64. The number of hydrogen-bond acceptors (Lipinski definition) is 5. The van der Waals surface area contributed by atoms with E-state index in [0.29, 0.717) is 34.7 Å². The van der Waals surface area contributed by atoms with Gasteiger partial charge in [-0.25, -0.2) is 13.6 Å². The van der Waals surface area contributed by atoms with Gasteiger partial charge in [0.05, 0.1) is 17.6 Å². The highest BCUT2D eigenvalue weighted by Gasteiger charge is 2.51. The Kier molecular flexibility index (Phi) is 5.10. The third kappa shape index (κ3) is 3.71. The molecule has 1 unspecified atom stereocenters. The highest BCUT2D eigenvalue weighted by molar-refractivity contribution is 5.94. The first-order valence-corrected chi connectivity index (χ1v) is 11.2. The smallest absolute Gasteiger partial charge is 0.322 e. The number of alkyl halides is 2. The van der Waals surface area contributed by atoms with E-state index in [1.165, 1.54) is 6.20 Å². The monoisotopic (exact) mass is 443 g/mol. The van der Waals surface area contributed by atoms with Gasteiger partial charge in [0.1, 0.15) is 5.69 Å². The SMILES string of the molecule is N=Cc1cnc(-c2[nH]ncc2NC(=O)N2CCCCC23CC3)cc1NCC1CCC1(F)F. The number of nitrogens with one attached hydrogen (secondary N) is 4. The summed E-state index contributed by atoms with van der Waals surface area (Å²) >= 11 is 0. The molecule has 0 bridgehead atoms. The lowest BCUT2D eigenvalue weighted by Crippen LogP contribution is -2.47. The number of carbonyl (C=O) groups is 1. The van der Waals surface area contributed by atoms with Gasteiger partial charge in [0.2, 0.25) is 0 Å². The zero-order valence-electron chi connectivity index (χ0n) is 17.8. The lowest BCUT2D eigenvalue weighted by Gasteiger charge is -2.36. The second-order valence-corrected chi connectivity index (χ2v) is 9.10. The van der Waals surface area contributed by atoms with Gasteiger partial charge in [-0.05, 0) is 44.6 Å². The van der Waals surface area contributed by atoms with Gasteiger partial charge in [-0.2, -0.15) is 5.10 Å². The zero-order valence-corrected chi connectivity index (χ0v) is 17.8. The summed E-state index contributed by atoms with van der Waals surface area (Å²) in [6.07, 6.45) is 9.94. The number of nitrogens with zero attached hydrogens (tertiary/aromatic N) is 3. The number of hydrogen-bond donors (Lipinski definition) is 4. The normalized spacial score (nSPS) is 22.8. The maximum absolute atomic E-state index is 13.6. The molecule has 0 radical (unpaired) electrons. The molecule has 1 aliphatic heterocycles. The van der Waals surface area contributed by atoms with Crippen molar-refractivity contribution < 1.29 is 13.6 Å². The fourth-order valence-electron chi connectivity index (χ4n) is 4.76. The zero-order chi connectivity index (χ0) is 22.3. The molecule has 2 saturated carbocycles. The predicted molar refractivity (Wildman–Crippen MR) is 117 cm³/mol. The molecular formula is C22H27F2N7O. The maximum atomic E-state index is 13.6. The van der Waals surface area contributed by atoms with Crippen molar-refractivity contribution in [1.29, 1.82) is 5.41 Å². The van der Waals surface area contributed by atoms with Gasteiger partial charge >= 0.3 is 6.03 Å². The van der Waals surface area contributed by atoms with Crippen LogP contribution in [0.3, 0.4) is 0 Å². The third-order valence-corrected chi connectivity index (χ3v) is 7.11. The third-order valence-electron chi connectivity index (χ3n) is 7.11. The molecule has 3 heterocycles. The molecule has 1 spiro atoms. The summed E-state index contributed by atoms with van der Waals surface area (Å²) in [5, 5.41) is 20.6. The van der Waals surface area contributed by atoms with Crippen molar-refractivity contribution in [2.24, 2.45) is 5.92 Å². The molecule has 2 aromatic rings. The summed E-state index contributed by atoms with van der Waals surface area (Å²) in [6, 6.07) is 1.57. The van der Waals surface area contributed by atoms with Crippen LogP contribution in [0.4, 0.5) is 25.0 Å². The number of piperidine rings is 1. The predicted octanol–water partition coefficient (Wildman–Crippen LogP) is 4.48. The van der Waals surface area contributed by atoms with Crippen LogP contribution in [-0.2, 0) is 0 Å². The van der Waals surface area contributed by atoms with E-state index in [9.17, 15) is 13.6 Å². The molecule has 3 fully saturated rings. The van der Waals surface area contributed by atoms with E-state index in [4.69, 9.17) is 5.41 Å². The number of amides is 2. The number of urea groups is 1. The van der Waals surface area contributed by atoms with Crippen molar-refractivity contribution in [2.45, 2.75) is 56.4 Å². The number of H-pyrrole nitrogens is 1. The van der Waals surface area contributed by atoms with E-state index >= 15 is 0 Å². The van der Waals surface area contributed by atoms with Gasteiger partial charge in [-0.1, -0.05) is 0 Å². The summed E-state index contributed by atoms with van der Waals surface area (Å²) < 4.78 is 27.2. The highest BCUT2D eigenvalue weighted by Crippen LogP contribution is 2.48. The molecule has 4 N–H and O–H groups in total. The molecule has 0 aromatic carbocycles. The van der Waals surface area contributed by atoms with Crippen molar-refractivity contribution in [3.8, 4) is 11.4 Å². The number of pyridine rings is 1. The number of anilines is 2. The largest absolute Gasteiger partial charge is 0.384 e. The minimum absolute atomic E-state index is 0.0246. The lowest BCUT2D eigenvalue weighted by atomic mass is 9.81. The molecule has 2 aromatic heterocycles. The quantitative estimate of drug-likeness (QED) is 0.494. The van der Waals surface area contributed by atoms with Gasteiger partial charge in [0, 0.05) is 54.6 Å². The Morgan fingerprint density at radius 2 is 2.09 bits per heavy atom. The summed E-state index contributed by atoms with van der Waals surface area (Å²) in [4.78, 5) is 19.3. The second kappa shape index (κ2) is 7.83. The van der Waals surface area contributed by atoms with Crippen LogP contribution in [0.15, 0.2) is 18.5 Å². The molecule has 2 amide bonds. The van der Waals surface area contributed by atoms with E-state index in [1.807, 2.05) is 4.90 Å². The minimum Gasteiger partial charge on any atom is -0.384 e. The van der Waals surface area contributed by atoms with Gasteiger partial charge in [-0.15, -0.1) is 0 Å². The number of halogens is 2. The number of rotatable bonds is 6. The standard InChI is InChI=1S/C22H27F2N7O/c23-22(24)5-3-15(22)12-27-16-9-17(26-11-14(16)10-25)19-18(13-28-30-19)29-20(32)31-8-2-1-4-21(31)6-7-21/h9-11,13,15,25H,1-8,12H2,(H,26,27)(H,28,30)(H,29,32). The van der Waals surface area contributed by atoms with Crippen LogP contribution in [0.1, 0.15) is 50.5 Å². The van der Waals surface area contributed by atoms with Crippen LogP contribution in [0, 0.1) is 11.3 Å². The maximum Gasteiger partial charge on any atom is 0.322 e. The molecule has 1 saturated heterocycles. The number of carbonyl (C=O) groups excluding carboxylic acids is 1. The summed E-state index contributed by atoms with van der Waals surface area (Å²) in [6.45, 7) is 0.881.